The summed E-state index contributed by atoms with van der Waals surface area (Å²) in [6.07, 6.45) is -0.479. The van der Waals surface area contributed by atoms with Gasteiger partial charge < -0.3 is 5.73 Å². The molecule has 1 aromatic carbocycles. The van der Waals surface area contributed by atoms with Crippen LogP contribution in [0.3, 0.4) is 0 Å². The highest BCUT2D eigenvalue weighted by molar-refractivity contribution is 6.52. The van der Waals surface area contributed by atoms with Crippen molar-refractivity contribution in [1.82, 2.24) is 10.2 Å². The maximum Gasteiger partial charge on any atom is 0.263 e. The molecule has 3 rings (SSSR count). The second kappa shape index (κ2) is 4.99. The highest BCUT2D eigenvalue weighted by atomic mass is 16.2. The number of hydrogen-bond donors (Lipinski definition) is 2. The van der Waals surface area contributed by atoms with Crippen LogP contribution in [0, 0.1) is 0 Å². The van der Waals surface area contributed by atoms with Crippen molar-refractivity contribution in [2.75, 3.05) is 5.73 Å². The van der Waals surface area contributed by atoms with Crippen molar-refractivity contribution >= 4 is 52.9 Å². The molecule has 1 aromatic rings. The van der Waals surface area contributed by atoms with E-state index >= 15 is 0 Å². The van der Waals surface area contributed by atoms with Gasteiger partial charge in [-0.2, -0.15) is 0 Å². The molecule has 114 valence electrons. The lowest BCUT2D eigenvalue weighted by Gasteiger charge is -2.35. The minimum Gasteiger partial charge on any atom is -0.398 e. The first kappa shape index (κ1) is 16.4. The number of nitrogens with zero attached hydrogens (tertiary/aromatic N) is 1. The van der Waals surface area contributed by atoms with E-state index in [4.69, 9.17) is 29.3 Å². The zero-order valence-corrected chi connectivity index (χ0v) is 12.5. The van der Waals surface area contributed by atoms with E-state index in [0.717, 1.165) is 0 Å². The number of nitrogen functional groups attached to an aromatic ring is 1. The van der Waals surface area contributed by atoms with Gasteiger partial charge in [0.25, 0.3) is 11.8 Å². The number of fused-ring (bicyclic) bond motifs is 1. The van der Waals surface area contributed by atoms with Crippen molar-refractivity contribution in [3.63, 3.8) is 0 Å². The van der Waals surface area contributed by atoms with Gasteiger partial charge in [-0.05, 0) is 23.8 Å². The molecule has 1 atom stereocenters. The molecule has 1 unspecified atom stereocenters. The average molecular weight is 317 g/mol. The van der Waals surface area contributed by atoms with Crippen LogP contribution in [0.2, 0.25) is 5.21 Å². The fourth-order valence-electron chi connectivity index (χ4n) is 2.84. The number of imide groups is 2. The number of benzene rings is 1. The van der Waals surface area contributed by atoms with E-state index in [0.29, 0.717) is 4.90 Å². The third-order valence-corrected chi connectivity index (χ3v) is 4.31. The Balaban J connectivity index is 2.07. The monoisotopic (exact) mass is 317 g/mol. The summed E-state index contributed by atoms with van der Waals surface area (Å²) in [6, 6.07) is 4.37. The van der Waals surface area contributed by atoms with Crippen LogP contribution in [0.25, 0.3) is 0 Å². The lowest BCUT2D eigenvalue weighted by atomic mass is 9.51. The predicted molar refractivity (Wildman–Crippen MR) is 86.4 cm³/mol. The Morgan fingerprint density at radius 3 is 2.29 bits per heavy atom. The summed E-state index contributed by atoms with van der Waals surface area (Å²) in [5.74, 6) is -3.54. The molecular formula is C14H10B3N3O4. The number of carbonyl (C=O) groups is 4. The topological polar surface area (TPSA) is 110 Å². The molecule has 0 bridgehead atoms. The highest BCUT2D eigenvalue weighted by Gasteiger charge is 2.53. The van der Waals surface area contributed by atoms with E-state index in [1.54, 1.807) is 0 Å². The summed E-state index contributed by atoms with van der Waals surface area (Å²) >= 11 is 0. The molecule has 2 aliphatic rings. The molecule has 6 radical (unpaired) electrons. The number of nitrogens with two attached hydrogens (primary N) is 1. The van der Waals surface area contributed by atoms with Crippen molar-refractivity contribution in [1.29, 1.82) is 0 Å². The molecule has 0 aliphatic carbocycles. The Morgan fingerprint density at radius 2 is 1.67 bits per heavy atom. The molecule has 1 saturated heterocycles. The summed E-state index contributed by atoms with van der Waals surface area (Å²) in [4.78, 5) is 50.1. The second-order valence-corrected chi connectivity index (χ2v) is 5.96. The van der Waals surface area contributed by atoms with Gasteiger partial charge in [-0.25, -0.2) is 0 Å². The molecule has 4 amide bonds. The highest BCUT2D eigenvalue weighted by Crippen LogP contribution is 2.38. The minimum atomic E-state index is -2.10. The van der Waals surface area contributed by atoms with Gasteiger partial charge in [0.05, 0.1) is 32.3 Å². The largest absolute Gasteiger partial charge is 0.398 e. The van der Waals surface area contributed by atoms with Gasteiger partial charge in [-0.15, -0.1) is 0 Å². The lowest BCUT2D eigenvalue weighted by Crippen LogP contribution is -2.61. The molecule has 1 fully saturated rings. The SMILES string of the molecule is [B]C1([B])CCC([B])(N2C(=O)c3cccc(N)c3C2=O)C(=O)NC1=O. The first-order chi connectivity index (χ1) is 11.1. The molecule has 0 saturated carbocycles. The number of carbonyl (C=O) groups excluding carboxylic acids is 4. The zero-order chi connectivity index (χ0) is 17.9. The number of amides is 4. The minimum absolute atomic E-state index is 0.0255. The van der Waals surface area contributed by atoms with Crippen molar-refractivity contribution in [2.24, 2.45) is 0 Å². The molecule has 2 heterocycles. The molecule has 7 nitrogen and oxygen atoms in total. The Labute approximate surface area is 141 Å². The van der Waals surface area contributed by atoms with Crippen molar-refractivity contribution < 1.29 is 19.2 Å². The van der Waals surface area contributed by atoms with Crippen LogP contribution >= 0.6 is 0 Å². The molecule has 10 heteroatoms. The molecule has 24 heavy (non-hydrogen) atoms. The first-order valence-corrected chi connectivity index (χ1v) is 7.09. The number of nitrogens with one attached hydrogen (secondary N) is 1. The Hall–Kier alpha value is -2.51. The van der Waals surface area contributed by atoms with Crippen molar-refractivity contribution in [3.05, 3.63) is 29.3 Å². The van der Waals surface area contributed by atoms with Crippen LogP contribution < -0.4 is 11.1 Å². The van der Waals surface area contributed by atoms with Gasteiger partial charge >= 0.3 is 0 Å². The van der Waals surface area contributed by atoms with E-state index in [1.165, 1.54) is 18.2 Å². The zero-order valence-electron chi connectivity index (χ0n) is 12.5. The van der Waals surface area contributed by atoms with Crippen LogP contribution in [0.1, 0.15) is 33.6 Å². The summed E-state index contributed by atoms with van der Waals surface area (Å²) in [5.41, 5.74) is 3.76. The van der Waals surface area contributed by atoms with Crippen molar-refractivity contribution in [3.8, 4) is 0 Å². The predicted octanol–water partition coefficient (Wildman–Crippen LogP) is -1.38. The van der Waals surface area contributed by atoms with Crippen LogP contribution in [-0.2, 0) is 9.59 Å². The Morgan fingerprint density at radius 1 is 1.00 bits per heavy atom. The van der Waals surface area contributed by atoms with Crippen LogP contribution in [0.4, 0.5) is 5.69 Å². The van der Waals surface area contributed by atoms with E-state index in [-0.39, 0.29) is 29.7 Å². The fraction of sp³-hybridized carbons (Fsp3) is 0.286. The summed E-state index contributed by atoms with van der Waals surface area (Å²) in [6.45, 7) is 0. The van der Waals surface area contributed by atoms with E-state index < -0.39 is 34.3 Å². The number of rotatable bonds is 1. The third kappa shape index (κ3) is 2.09. The lowest BCUT2D eigenvalue weighted by molar-refractivity contribution is -0.133. The Kier molecular flexibility index (Phi) is 3.40. The van der Waals surface area contributed by atoms with Crippen LogP contribution in [-0.4, -0.2) is 57.5 Å². The maximum absolute atomic E-state index is 12.7. The second-order valence-electron chi connectivity index (χ2n) is 5.96. The fourth-order valence-corrected chi connectivity index (χ4v) is 2.84. The molecule has 0 spiro atoms. The molecular weight excluding hydrogens is 307 g/mol. The maximum atomic E-state index is 12.7. The normalized spacial score (nSPS) is 26.1. The molecule has 0 aromatic heterocycles. The molecule has 2 aliphatic heterocycles. The van der Waals surface area contributed by atoms with Gasteiger partial charge in [0, 0.05) is 5.69 Å². The average Bonchev–Trinajstić information content (AvgIpc) is 2.73. The van der Waals surface area contributed by atoms with Gasteiger partial charge in [0.1, 0.15) is 7.85 Å². The Bertz CT molecular complexity index is 810. The molecule has 3 N–H and O–H groups in total. The van der Waals surface area contributed by atoms with Gasteiger partial charge in [0.2, 0.25) is 11.8 Å². The quantitative estimate of drug-likeness (QED) is 0.377. The van der Waals surface area contributed by atoms with Crippen molar-refractivity contribution in [2.45, 2.75) is 23.5 Å². The third-order valence-electron chi connectivity index (χ3n) is 4.31. The van der Waals surface area contributed by atoms with Gasteiger partial charge in [-0.3, -0.25) is 29.4 Å². The smallest absolute Gasteiger partial charge is 0.263 e. The van der Waals surface area contributed by atoms with Gasteiger partial charge in [0.15, 0.2) is 0 Å². The summed E-state index contributed by atoms with van der Waals surface area (Å²) in [7, 11) is 17.3. The van der Waals surface area contributed by atoms with Crippen LogP contribution in [0.15, 0.2) is 18.2 Å². The van der Waals surface area contributed by atoms with Gasteiger partial charge in [-0.1, -0.05) is 12.5 Å². The van der Waals surface area contributed by atoms with E-state index in [1.807, 2.05) is 5.32 Å². The van der Waals surface area contributed by atoms with E-state index in [9.17, 15) is 19.2 Å². The first-order valence-electron chi connectivity index (χ1n) is 7.09. The van der Waals surface area contributed by atoms with E-state index in [2.05, 4.69) is 0 Å². The van der Waals surface area contributed by atoms with Crippen LogP contribution in [0.5, 0.6) is 0 Å². The number of anilines is 1. The number of hydrogen-bond acceptors (Lipinski definition) is 5. The standard InChI is InChI=1S/C14H10B3N3O4/c15-13(16)4-5-14(17,12(24)19-11(13)23)20-9(21)6-2-1-3-7(18)8(6)10(20)22/h1-3H,4-5,18H2,(H,19,23,24). The summed E-state index contributed by atoms with van der Waals surface area (Å²) in [5, 5.41) is 0.113. The summed E-state index contributed by atoms with van der Waals surface area (Å²) < 4.78 is 0.